The highest BCUT2D eigenvalue weighted by atomic mass is 16.5. The second-order valence-electron chi connectivity index (χ2n) is 6.09. The SMILES string of the molecule is COC(=O)CN(Cc1ccccc1C)C(=O)CCCNC(=O)c1ccco1. The van der Waals surface area contributed by atoms with Crippen LogP contribution in [-0.2, 0) is 20.9 Å². The standard InChI is InChI=1S/C20H24N2O5/c1-15-7-3-4-8-16(15)13-22(14-19(24)26-2)18(23)10-5-11-21-20(25)17-9-6-12-27-17/h3-4,6-9,12H,5,10-11,13-14H2,1-2H3,(H,21,25). The van der Waals surface area contributed by atoms with E-state index in [1.807, 2.05) is 31.2 Å². The van der Waals surface area contributed by atoms with Gasteiger partial charge >= 0.3 is 5.97 Å². The predicted octanol–water partition coefficient (Wildman–Crippen LogP) is 2.30. The van der Waals surface area contributed by atoms with Crippen molar-refractivity contribution in [2.24, 2.45) is 0 Å². The van der Waals surface area contributed by atoms with Crippen molar-refractivity contribution in [3.05, 3.63) is 59.5 Å². The molecule has 0 unspecified atom stereocenters. The van der Waals surface area contributed by atoms with Gasteiger partial charge in [-0.2, -0.15) is 0 Å². The number of aryl methyl sites for hydroxylation is 1. The van der Waals surface area contributed by atoms with Crippen LogP contribution >= 0.6 is 0 Å². The summed E-state index contributed by atoms with van der Waals surface area (Å²) in [6, 6.07) is 10.9. The zero-order valence-corrected chi connectivity index (χ0v) is 15.6. The maximum atomic E-state index is 12.6. The molecule has 0 fully saturated rings. The number of methoxy groups -OCH3 is 1. The molecule has 1 N–H and O–H groups in total. The Morgan fingerprint density at radius 3 is 2.59 bits per heavy atom. The van der Waals surface area contributed by atoms with Crippen LogP contribution in [0.25, 0.3) is 0 Å². The van der Waals surface area contributed by atoms with Gasteiger partial charge < -0.3 is 19.4 Å². The second kappa shape index (κ2) is 10.2. The average molecular weight is 372 g/mol. The Morgan fingerprint density at radius 2 is 1.93 bits per heavy atom. The van der Waals surface area contributed by atoms with Crippen molar-refractivity contribution in [3.8, 4) is 0 Å². The Morgan fingerprint density at radius 1 is 1.15 bits per heavy atom. The van der Waals surface area contributed by atoms with Gasteiger partial charge in [-0.1, -0.05) is 24.3 Å². The van der Waals surface area contributed by atoms with Crippen LogP contribution in [-0.4, -0.2) is 42.9 Å². The van der Waals surface area contributed by atoms with Gasteiger partial charge in [0.25, 0.3) is 5.91 Å². The molecule has 7 heteroatoms. The van der Waals surface area contributed by atoms with Crippen molar-refractivity contribution in [3.63, 3.8) is 0 Å². The number of benzene rings is 1. The second-order valence-corrected chi connectivity index (χ2v) is 6.09. The van der Waals surface area contributed by atoms with Crippen LogP contribution in [0, 0.1) is 6.92 Å². The van der Waals surface area contributed by atoms with Crippen molar-refractivity contribution in [1.82, 2.24) is 10.2 Å². The molecule has 7 nitrogen and oxygen atoms in total. The summed E-state index contributed by atoms with van der Waals surface area (Å²) in [4.78, 5) is 37.5. The van der Waals surface area contributed by atoms with E-state index in [1.165, 1.54) is 18.3 Å². The van der Waals surface area contributed by atoms with E-state index < -0.39 is 5.97 Å². The topological polar surface area (TPSA) is 88.9 Å². The summed E-state index contributed by atoms with van der Waals surface area (Å²) in [7, 11) is 1.29. The number of esters is 1. The smallest absolute Gasteiger partial charge is 0.325 e. The van der Waals surface area contributed by atoms with Crippen LogP contribution in [0.2, 0.25) is 0 Å². The Hall–Kier alpha value is -3.09. The molecule has 2 aromatic rings. The molecule has 2 amide bonds. The van der Waals surface area contributed by atoms with Crippen LogP contribution in [0.5, 0.6) is 0 Å². The van der Waals surface area contributed by atoms with Crippen molar-refractivity contribution in [2.45, 2.75) is 26.3 Å². The Kier molecular flexibility index (Phi) is 7.61. The lowest BCUT2D eigenvalue weighted by Gasteiger charge is -2.22. The van der Waals surface area contributed by atoms with Crippen LogP contribution < -0.4 is 5.32 Å². The number of carbonyl (C=O) groups excluding carboxylic acids is 3. The molecule has 0 aliphatic rings. The highest BCUT2D eigenvalue weighted by Gasteiger charge is 2.18. The third kappa shape index (κ3) is 6.29. The molecule has 27 heavy (non-hydrogen) atoms. The quantitative estimate of drug-likeness (QED) is 0.539. The van der Waals surface area contributed by atoms with Gasteiger partial charge in [-0.05, 0) is 36.6 Å². The fourth-order valence-corrected chi connectivity index (χ4v) is 2.54. The monoisotopic (exact) mass is 372 g/mol. The molecule has 0 saturated carbocycles. The van der Waals surface area contributed by atoms with E-state index in [1.54, 1.807) is 12.1 Å². The molecular formula is C20H24N2O5. The molecule has 0 radical (unpaired) electrons. The normalized spacial score (nSPS) is 10.3. The van der Waals surface area contributed by atoms with Gasteiger partial charge in [-0.25, -0.2) is 0 Å². The van der Waals surface area contributed by atoms with Gasteiger partial charge in [-0.3, -0.25) is 14.4 Å². The van der Waals surface area contributed by atoms with Crippen molar-refractivity contribution < 1.29 is 23.5 Å². The minimum Gasteiger partial charge on any atom is -0.468 e. The molecule has 0 bridgehead atoms. The fourth-order valence-electron chi connectivity index (χ4n) is 2.54. The van der Waals surface area contributed by atoms with Gasteiger partial charge in [0.1, 0.15) is 6.54 Å². The van der Waals surface area contributed by atoms with Crippen LogP contribution in [0.15, 0.2) is 47.1 Å². The van der Waals surface area contributed by atoms with E-state index in [-0.39, 0.29) is 30.5 Å². The summed E-state index contributed by atoms with van der Waals surface area (Å²) >= 11 is 0. The first-order chi connectivity index (χ1) is 13.0. The van der Waals surface area contributed by atoms with E-state index in [2.05, 4.69) is 5.32 Å². The number of hydrogen-bond donors (Lipinski definition) is 1. The van der Waals surface area contributed by atoms with E-state index >= 15 is 0 Å². The lowest BCUT2D eigenvalue weighted by molar-refractivity contribution is -0.147. The van der Waals surface area contributed by atoms with E-state index in [0.29, 0.717) is 19.5 Å². The lowest BCUT2D eigenvalue weighted by atomic mass is 10.1. The van der Waals surface area contributed by atoms with Crippen molar-refractivity contribution in [1.29, 1.82) is 0 Å². The van der Waals surface area contributed by atoms with Gasteiger partial charge in [0.2, 0.25) is 5.91 Å². The molecule has 0 aliphatic carbocycles. The number of ether oxygens (including phenoxy) is 1. The molecule has 0 atom stereocenters. The number of amides is 2. The number of nitrogens with zero attached hydrogens (tertiary/aromatic N) is 1. The van der Waals surface area contributed by atoms with E-state index in [0.717, 1.165) is 11.1 Å². The Balaban J connectivity index is 1.88. The molecular weight excluding hydrogens is 348 g/mol. The van der Waals surface area contributed by atoms with Gasteiger partial charge in [-0.15, -0.1) is 0 Å². The van der Waals surface area contributed by atoms with E-state index in [9.17, 15) is 14.4 Å². The van der Waals surface area contributed by atoms with E-state index in [4.69, 9.17) is 9.15 Å². The third-order valence-corrected chi connectivity index (χ3v) is 4.12. The number of hydrogen-bond acceptors (Lipinski definition) is 5. The molecule has 0 aliphatic heterocycles. The molecule has 1 aromatic heterocycles. The molecule has 2 rings (SSSR count). The van der Waals surface area contributed by atoms with Crippen LogP contribution in [0.4, 0.5) is 0 Å². The number of carbonyl (C=O) groups is 3. The minimum absolute atomic E-state index is 0.109. The predicted molar refractivity (Wildman–Crippen MR) is 98.9 cm³/mol. The first kappa shape index (κ1) is 20.2. The summed E-state index contributed by atoms with van der Waals surface area (Å²) in [6.45, 7) is 2.52. The van der Waals surface area contributed by atoms with Gasteiger partial charge in [0.05, 0.1) is 13.4 Å². The highest BCUT2D eigenvalue weighted by Crippen LogP contribution is 2.12. The van der Waals surface area contributed by atoms with Crippen molar-refractivity contribution >= 4 is 17.8 Å². The Labute approximate surface area is 158 Å². The minimum atomic E-state index is -0.469. The summed E-state index contributed by atoms with van der Waals surface area (Å²) in [5.41, 5.74) is 2.02. The largest absolute Gasteiger partial charge is 0.468 e. The number of nitrogens with one attached hydrogen (secondary N) is 1. The van der Waals surface area contributed by atoms with Gasteiger partial charge in [0.15, 0.2) is 5.76 Å². The molecule has 0 saturated heterocycles. The molecule has 1 heterocycles. The van der Waals surface area contributed by atoms with Crippen LogP contribution in [0.3, 0.4) is 0 Å². The third-order valence-electron chi connectivity index (χ3n) is 4.12. The fraction of sp³-hybridized carbons (Fsp3) is 0.350. The molecule has 0 spiro atoms. The summed E-state index contributed by atoms with van der Waals surface area (Å²) in [5.74, 6) is -0.731. The van der Waals surface area contributed by atoms with Crippen molar-refractivity contribution in [2.75, 3.05) is 20.2 Å². The number of rotatable bonds is 9. The van der Waals surface area contributed by atoms with Gasteiger partial charge in [0, 0.05) is 19.5 Å². The summed E-state index contributed by atoms with van der Waals surface area (Å²) in [5, 5.41) is 2.70. The lowest BCUT2D eigenvalue weighted by Crippen LogP contribution is -2.36. The summed E-state index contributed by atoms with van der Waals surface area (Å²) < 4.78 is 9.70. The van der Waals surface area contributed by atoms with Crippen LogP contribution in [0.1, 0.15) is 34.5 Å². The number of furan rings is 1. The zero-order chi connectivity index (χ0) is 19.6. The highest BCUT2D eigenvalue weighted by molar-refractivity contribution is 5.91. The zero-order valence-electron chi connectivity index (χ0n) is 15.6. The maximum absolute atomic E-state index is 12.6. The summed E-state index contributed by atoms with van der Waals surface area (Å²) in [6.07, 6.45) is 2.09. The average Bonchev–Trinajstić information content (AvgIpc) is 3.20. The molecule has 144 valence electrons. The first-order valence-corrected chi connectivity index (χ1v) is 8.72. The maximum Gasteiger partial charge on any atom is 0.325 e. The molecule has 1 aromatic carbocycles. The first-order valence-electron chi connectivity index (χ1n) is 8.72. The Bertz CT molecular complexity index is 770.